The van der Waals surface area contributed by atoms with E-state index < -0.39 is 11.1 Å². The van der Waals surface area contributed by atoms with Gasteiger partial charge in [0.1, 0.15) is 0 Å². The van der Waals surface area contributed by atoms with Crippen LogP contribution in [-0.4, -0.2) is 14.5 Å². The minimum absolute atomic E-state index is 0.444. The van der Waals surface area contributed by atoms with E-state index in [-0.39, 0.29) is 0 Å². The summed E-state index contributed by atoms with van der Waals surface area (Å²) in [5.74, 6) is 0.444. The molecule has 90 valence electrons. The van der Waals surface area contributed by atoms with Gasteiger partial charge < -0.3 is 4.55 Å². The summed E-state index contributed by atoms with van der Waals surface area (Å²) in [5, 5.41) is 0. The Morgan fingerprint density at radius 1 is 0.933 bits per heavy atom. The van der Waals surface area contributed by atoms with Crippen LogP contribution in [0.5, 0.6) is 0 Å². The summed E-state index contributed by atoms with van der Waals surface area (Å²) in [6, 6.07) is 0. The van der Waals surface area contributed by atoms with E-state index in [9.17, 15) is 4.21 Å². The fourth-order valence-corrected chi connectivity index (χ4v) is 2.03. The maximum Gasteiger partial charge on any atom is 0.152 e. The van der Waals surface area contributed by atoms with Crippen LogP contribution < -0.4 is 0 Å². The van der Waals surface area contributed by atoms with Crippen LogP contribution in [0.15, 0.2) is 12.7 Å². The van der Waals surface area contributed by atoms with Gasteiger partial charge >= 0.3 is 0 Å². The third-order valence-corrected chi connectivity index (χ3v) is 3.12. The van der Waals surface area contributed by atoms with Gasteiger partial charge in [-0.25, -0.2) is 4.21 Å². The maximum atomic E-state index is 10.3. The zero-order valence-electron chi connectivity index (χ0n) is 9.62. The smallest absolute Gasteiger partial charge is 0.152 e. The van der Waals surface area contributed by atoms with Crippen molar-refractivity contribution in [2.45, 2.75) is 57.8 Å². The fourth-order valence-electron chi connectivity index (χ4n) is 1.57. The van der Waals surface area contributed by atoms with Crippen LogP contribution in [0.1, 0.15) is 57.8 Å². The zero-order chi connectivity index (χ0) is 11.4. The summed E-state index contributed by atoms with van der Waals surface area (Å²) in [4.78, 5) is 0. The Hall–Kier alpha value is -0.150. The second-order valence-corrected chi connectivity index (χ2v) is 4.98. The lowest BCUT2D eigenvalue weighted by Crippen LogP contribution is -1.94. The zero-order valence-corrected chi connectivity index (χ0v) is 10.4. The molecule has 1 unspecified atom stereocenters. The first-order chi connectivity index (χ1) is 7.27. The second-order valence-electron chi connectivity index (χ2n) is 3.93. The Morgan fingerprint density at radius 3 is 1.87 bits per heavy atom. The number of hydrogen-bond donors (Lipinski definition) is 1. The predicted octanol–water partition coefficient (Wildman–Crippen LogP) is 3.91. The highest BCUT2D eigenvalue weighted by Crippen LogP contribution is 2.09. The summed E-state index contributed by atoms with van der Waals surface area (Å²) in [5.41, 5.74) is 0. The van der Waals surface area contributed by atoms with E-state index in [4.69, 9.17) is 4.55 Å². The Morgan fingerprint density at radius 2 is 1.40 bits per heavy atom. The van der Waals surface area contributed by atoms with E-state index in [1.807, 2.05) is 6.08 Å². The predicted molar refractivity (Wildman–Crippen MR) is 67.4 cm³/mol. The van der Waals surface area contributed by atoms with Crippen LogP contribution in [0.25, 0.3) is 0 Å². The van der Waals surface area contributed by atoms with Gasteiger partial charge in [-0.15, -0.1) is 6.58 Å². The molecule has 0 aliphatic carbocycles. The quantitative estimate of drug-likeness (QED) is 0.333. The molecule has 0 fully saturated rings. The molecule has 0 aromatic carbocycles. The molecule has 0 rings (SSSR count). The SMILES string of the molecule is C=CCCCCCCCCCCS(=O)O. The molecular formula is C12H24O2S. The molecule has 0 aliphatic rings. The van der Waals surface area contributed by atoms with Crippen LogP contribution in [0, 0.1) is 0 Å². The first-order valence-electron chi connectivity index (χ1n) is 5.95. The van der Waals surface area contributed by atoms with Gasteiger partial charge in [0.25, 0.3) is 0 Å². The van der Waals surface area contributed by atoms with Crippen molar-refractivity contribution in [1.82, 2.24) is 0 Å². The Balaban J connectivity index is 2.92. The van der Waals surface area contributed by atoms with Crippen LogP contribution in [0.2, 0.25) is 0 Å². The highest BCUT2D eigenvalue weighted by Gasteiger charge is 1.94. The summed E-state index contributed by atoms with van der Waals surface area (Å²) in [7, 11) is 0. The standard InChI is InChI=1S/C12H24O2S/c1-2-3-4-5-6-7-8-9-10-11-12-15(13)14/h2H,1,3-12H2,(H,13,14). The van der Waals surface area contributed by atoms with E-state index in [0.29, 0.717) is 5.75 Å². The molecule has 1 atom stereocenters. The monoisotopic (exact) mass is 232 g/mol. The van der Waals surface area contributed by atoms with Crippen molar-refractivity contribution in [1.29, 1.82) is 0 Å². The number of hydrogen-bond acceptors (Lipinski definition) is 1. The largest absolute Gasteiger partial charge is 0.306 e. The summed E-state index contributed by atoms with van der Waals surface area (Å²) in [6.07, 6.45) is 12.8. The van der Waals surface area contributed by atoms with Crippen LogP contribution >= 0.6 is 0 Å². The van der Waals surface area contributed by atoms with Gasteiger partial charge in [0.2, 0.25) is 0 Å². The molecule has 0 saturated heterocycles. The average molecular weight is 232 g/mol. The number of unbranched alkanes of at least 4 members (excludes halogenated alkanes) is 8. The average Bonchev–Trinajstić information content (AvgIpc) is 2.20. The Labute approximate surface area is 96.4 Å². The molecule has 1 N–H and O–H groups in total. The molecular weight excluding hydrogens is 208 g/mol. The normalized spacial score (nSPS) is 12.6. The third-order valence-electron chi connectivity index (χ3n) is 2.48. The van der Waals surface area contributed by atoms with Gasteiger partial charge in [-0.3, -0.25) is 0 Å². The van der Waals surface area contributed by atoms with E-state index in [1.165, 1.54) is 38.5 Å². The topological polar surface area (TPSA) is 37.3 Å². The lowest BCUT2D eigenvalue weighted by atomic mass is 10.1. The molecule has 2 nitrogen and oxygen atoms in total. The van der Waals surface area contributed by atoms with Gasteiger partial charge in [-0.2, -0.15) is 0 Å². The second kappa shape index (κ2) is 11.9. The van der Waals surface area contributed by atoms with Crippen LogP contribution in [0.4, 0.5) is 0 Å². The van der Waals surface area contributed by atoms with Crippen molar-refractivity contribution in [2.24, 2.45) is 0 Å². The minimum Gasteiger partial charge on any atom is -0.306 e. The van der Waals surface area contributed by atoms with Crippen molar-refractivity contribution >= 4 is 11.1 Å². The number of rotatable bonds is 11. The molecule has 0 bridgehead atoms. The highest BCUT2D eigenvalue weighted by molar-refractivity contribution is 7.79. The molecule has 0 radical (unpaired) electrons. The van der Waals surface area contributed by atoms with Gasteiger partial charge in [0.15, 0.2) is 11.1 Å². The van der Waals surface area contributed by atoms with E-state index in [0.717, 1.165) is 19.3 Å². The highest BCUT2D eigenvalue weighted by atomic mass is 32.2. The van der Waals surface area contributed by atoms with Crippen LogP contribution in [0.3, 0.4) is 0 Å². The lowest BCUT2D eigenvalue weighted by molar-refractivity contribution is 0.551. The summed E-state index contributed by atoms with van der Waals surface area (Å²) in [6.45, 7) is 3.70. The first-order valence-corrected chi connectivity index (χ1v) is 7.23. The van der Waals surface area contributed by atoms with E-state index in [1.54, 1.807) is 0 Å². The van der Waals surface area contributed by atoms with Crippen molar-refractivity contribution < 1.29 is 8.76 Å². The third kappa shape index (κ3) is 13.9. The van der Waals surface area contributed by atoms with Gasteiger partial charge in [-0.1, -0.05) is 44.6 Å². The maximum absolute atomic E-state index is 10.3. The summed E-state index contributed by atoms with van der Waals surface area (Å²) >= 11 is -1.59. The molecule has 0 aromatic rings. The number of allylic oxidation sites excluding steroid dienone is 1. The summed E-state index contributed by atoms with van der Waals surface area (Å²) < 4.78 is 18.9. The van der Waals surface area contributed by atoms with Gasteiger partial charge in [-0.05, 0) is 19.3 Å². The molecule has 0 aliphatic heterocycles. The molecule has 15 heavy (non-hydrogen) atoms. The molecule has 0 spiro atoms. The van der Waals surface area contributed by atoms with Crippen LogP contribution in [-0.2, 0) is 11.1 Å². The van der Waals surface area contributed by atoms with Gasteiger partial charge in [0.05, 0.1) is 0 Å². The Kier molecular flexibility index (Phi) is 11.8. The first kappa shape index (κ1) is 14.8. The van der Waals surface area contributed by atoms with Crippen molar-refractivity contribution in [3.8, 4) is 0 Å². The van der Waals surface area contributed by atoms with Crippen molar-refractivity contribution in [2.75, 3.05) is 5.75 Å². The van der Waals surface area contributed by atoms with Gasteiger partial charge in [0, 0.05) is 5.75 Å². The lowest BCUT2D eigenvalue weighted by Gasteiger charge is -2.00. The molecule has 0 heterocycles. The molecule has 3 heteroatoms. The van der Waals surface area contributed by atoms with E-state index in [2.05, 4.69) is 6.58 Å². The molecule has 0 amide bonds. The molecule has 0 saturated carbocycles. The Bertz CT molecular complexity index is 169. The van der Waals surface area contributed by atoms with Crippen molar-refractivity contribution in [3.63, 3.8) is 0 Å². The van der Waals surface area contributed by atoms with Crippen molar-refractivity contribution in [3.05, 3.63) is 12.7 Å². The fraction of sp³-hybridized carbons (Fsp3) is 0.833. The minimum atomic E-state index is -1.59. The molecule has 0 aromatic heterocycles. The van der Waals surface area contributed by atoms with E-state index >= 15 is 0 Å².